The van der Waals surface area contributed by atoms with Gasteiger partial charge in [-0.15, -0.1) is 37.3 Å². The SMILES string of the molecule is CC(C)(C)c1cc(C(C)(C)C)c([C-]=PC(Br)=Pc2c(C(C)(C)C)cc(C(C)(C)C)cc2C(C)(C)C)c(C(C)(C)C)c1.[Li+]. The van der Waals surface area contributed by atoms with Gasteiger partial charge in [0, 0.05) is 5.30 Å². The van der Waals surface area contributed by atoms with Crippen LogP contribution in [-0.2, 0) is 32.5 Å². The average molecular weight is 664 g/mol. The summed E-state index contributed by atoms with van der Waals surface area (Å²) in [6.07, 6.45) is 0. The molecule has 0 spiro atoms. The van der Waals surface area contributed by atoms with Crippen LogP contribution in [0.4, 0.5) is 0 Å². The van der Waals surface area contributed by atoms with Crippen molar-refractivity contribution in [3.63, 3.8) is 0 Å². The summed E-state index contributed by atoms with van der Waals surface area (Å²) in [5.41, 5.74) is 10.1. The fourth-order valence-corrected chi connectivity index (χ4v) is 8.05. The molecule has 0 saturated heterocycles. The number of hydrogen-bond acceptors (Lipinski definition) is 0. The Hall–Kier alpha value is -0.143. The van der Waals surface area contributed by atoms with Crippen molar-refractivity contribution in [3.8, 4) is 0 Å². The van der Waals surface area contributed by atoms with Crippen molar-refractivity contribution in [3.05, 3.63) is 63.2 Å². The van der Waals surface area contributed by atoms with Crippen molar-refractivity contribution in [2.24, 2.45) is 0 Å². The molecule has 0 N–H and O–H groups in total. The first-order valence-electron chi connectivity index (χ1n) is 15.1. The van der Waals surface area contributed by atoms with Crippen molar-refractivity contribution < 1.29 is 18.9 Å². The molecule has 0 aliphatic heterocycles. The first-order valence-corrected chi connectivity index (χ1v) is 17.7. The topological polar surface area (TPSA) is 0 Å². The van der Waals surface area contributed by atoms with E-state index in [0.29, 0.717) is 0 Å². The Morgan fingerprint density at radius 1 is 0.500 bits per heavy atom. The summed E-state index contributed by atoms with van der Waals surface area (Å²) >= 11 is 4.06. The number of benzene rings is 2. The Labute approximate surface area is 284 Å². The number of rotatable bonds is 3. The molecule has 0 saturated carbocycles. The number of halogens is 1. The van der Waals surface area contributed by atoms with Gasteiger partial charge in [-0.1, -0.05) is 153 Å². The van der Waals surface area contributed by atoms with Gasteiger partial charge in [0.2, 0.25) is 0 Å². The normalized spacial score (nSPS) is 14.4. The summed E-state index contributed by atoms with van der Waals surface area (Å²) in [7, 11) is 2.31. The molecule has 42 heavy (non-hydrogen) atoms. The van der Waals surface area contributed by atoms with Crippen molar-refractivity contribution in [1.29, 1.82) is 0 Å². The van der Waals surface area contributed by atoms with Crippen LogP contribution in [0.15, 0.2) is 24.3 Å². The van der Waals surface area contributed by atoms with Crippen molar-refractivity contribution >= 4 is 47.4 Å². The molecule has 0 atom stereocenters. The third-order valence-electron chi connectivity index (χ3n) is 7.68. The minimum absolute atomic E-state index is 0. The molecule has 0 radical (unpaired) electrons. The maximum Gasteiger partial charge on any atom is 1.00 e. The molecule has 4 heteroatoms. The summed E-state index contributed by atoms with van der Waals surface area (Å²) in [5, 5.41) is 1.44. The third kappa shape index (κ3) is 10.2. The summed E-state index contributed by atoms with van der Waals surface area (Å²) < 4.78 is 1.23. The first-order chi connectivity index (χ1) is 18.0. The summed E-state index contributed by atoms with van der Waals surface area (Å²) in [5.74, 6) is 3.93. The fraction of sp³-hybridized carbons (Fsp3) is 0.632. The second kappa shape index (κ2) is 13.3. The molecule has 2 aromatic rings. The van der Waals surface area contributed by atoms with Crippen molar-refractivity contribution in [2.45, 2.75) is 157 Å². The number of hydrogen-bond donors (Lipinski definition) is 0. The van der Waals surface area contributed by atoms with Crippen LogP contribution < -0.4 is 24.2 Å². The first kappa shape index (κ1) is 39.9. The van der Waals surface area contributed by atoms with E-state index in [1.807, 2.05) is 0 Å². The van der Waals surface area contributed by atoms with Gasteiger partial charge < -0.3 is 0 Å². The second-order valence-corrected chi connectivity index (χ2v) is 22.4. The zero-order valence-electron chi connectivity index (χ0n) is 30.6. The third-order valence-corrected chi connectivity index (χ3v) is 10.8. The minimum atomic E-state index is 0. The van der Waals surface area contributed by atoms with E-state index < -0.39 is 0 Å². The van der Waals surface area contributed by atoms with Crippen LogP contribution in [-0.4, -0.2) is 9.74 Å². The Kier molecular flexibility index (Phi) is 12.6. The van der Waals surface area contributed by atoms with Crippen LogP contribution in [0.3, 0.4) is 0 Å². The van der Waals surface area contributed by atoms with E-state index in [2.05, 4.69) is 171 Å². The molecule has 228 valence electrons. The predicted molar refractivity (Wildman–Crippen MR) is 197 cm³/mol. The van der Waals surface area contributed by atoms with E-state index in [-0.39, 0.29) is 51.4 Å². The van der Waals surface area contributed by atoms with Gasteiger partial charge in [0.05, 0.1) is 3.94 Å². The molecular weight excluding hydrogens is 605 g/mol. The standard InChI is InChI=1S/C38H58BrP2.Li/c1-33(2,3)24-19-27(35(7,8)9)26(28(20-24)36(10,11)12)23-40-32(39)41-31-29(37(13,14)15)21-25(34(4,5)6)22-30(31)38(16,17)18;/h19-22H,1-18H3;/q-1;+1. The summed E-state index contributed by atoms with van der Waals surface area (Å²) in [6.45, 7) is 42.1. The Morgan fingerprint density at radius 2 is 0.786 bits per heavy atom. The second-order valence-electron chi connectivity index (χ2n) is 18.0. The van der Waals surface area contributed by atoms with Gasteiger partial charge in [0.25, 0.3) is 0 Å². The monoisotopic (exact) mass is 662 g/mol. The zero-order chi connectivity index (χ0) is 32.1. The molecule has 2 rings (SSSR count). The fourth-order valence-electron chi connectivity index (χ4n) is 4.93. The van der Waals surface area contributed by atoms with Gasteiger partial charge in [-0.2, -0.15) is 5.56 Å². The van der Waals surface area contributed by atoms with Gasteiger partial charge in [0.15, 0.2) is 0 Å². The quantitative estimate of drug-likeness (QED) is 0.175. The Bertz CT molecular complexity index is 1250. The zero-order valence-corrected chi connectivity index (χ0v) is 34.0. The van der Waals surface area contributed by atoms with Crippen LogP contribution in [0.5, 0.6) is 0 Å². The maximum absolute atomic E-state index is 4.06. The maximum atomic E-state index is 4.06. The predicted octanol–water partition coefficient (Wildman–Crippen LogP) is 9.20. The molecule has 0 bridgehead atoms. The molecular formula is C38H58BrLiP2. The minimum Gasteiger partial charge on any atom is -0.180 e. The smallest absolute Gasteiger partial charge is 0.180 e. The molecule has 0 unspecified atom stereocenters. The summed E-state index contributed by atoms with van der Waals surface area (Å²) in [6, 6.07) is 9.84. The molecule has 0 amide bonds. The van der Waals surface area contributed by atoms with Gasteiger partial charge in [0.1, 0.15) is 0 Å². The van der Waals surface area contributed by atoms with E-state index in [4.69, 9.17) is 0 Å². The molecule has 0 heterocycles. The van der Waals surface area contributed by atoms with Gasteiger partial charge in [-0.3, -0.25) is 0 Å². The molecule has 2 aromatic carbocycles. The Morgan fingerprint density at radius 3 is 1.05 bits per heavy atom. The molecule has 0 aliphatic carbocycles. The van der Waals surface area contributed by atoms with Gasteiger partial charge in [-0.25, -0.2) is 0 Å². The van der Waals surface area contributed by atoms with Crippen molar-refractivity contribution in [2.75, 3.05) is 0 Å². The molecule has 0 fully saturated rings. The van der Waals surface area contributed by atoms with E-state index >= 15 is 0 Å². The van der Waals surface area contributed by atoms with Gasteiger partial charge >= 0.3 is 18.9 Å². The van der Waals surface area contributed by atoms with Crippen LogP contribution in [0, 0.1) is 0 Å². The van der Waals surface area contributed by atoms with Crippen LogP contribution in [0.25, 0.3) is 0 Å². The van der Waals surface area contributed by atoms with Crippen LogP contribution in [0.1, 0.15) is 164 Å². The van der Waals surface area contributed by atoms with Crippen LogP contribution in [0.2, 0.25) is 0 Å². The van der Waals surface area contributed by atoms with E-state index in [0.717, 1.165) is 8.20 Å². The molecule has 0 aliphatic rings. The Balaban J connectivity index is 0.00000882. The van der Waals surface area contributed by atoms with E-state index in [1.165, 1.54) is 56.4 Å². The van der Waals surface area contributed by atoms with Crippen molar-refractivity contribution in [1.82, 2.24) is 0 Å². The molecule has 0 nitrogen and oxygen atoms in total. The van der Waals surface area contributed by atoms with Crippen LogP contribution >= 0.6 is 32.3 Å². The van der Waals surface area contributed by atoms with E-state index in [1.54, 1.807) is 0 Å². The average Bonchev–Trinajstić information content (AvgIpc) is 2.72. The molecule has 0 aromatic heterocycles. The van der Waals surface area contributed by atoms with Gasteiger partial charge in [-0.05, 0) is 62.5 Å². The van der Waals surface area contributed by atoms with E-state index in [9.17, 15) is 0 Å². The summed E-state index contributed by atoms with van der Waals surface area (Å²) in [4.78, 5) is 0. The largest absolute Gasteiger partial charge is 1.00 e.